The Balaban J connectivity index is 0.956. The normalized spacial score (nSPS) is 12.0. The molecule has 0 aliphatic heterocycles. The third-order valence-corrected chi connectivity index (χ3v) is 18.7. The van der Waals surface area contributed by atoms with Crippen molar-refractivity contribution >= 4 is 21.8 Å². The van der Waals surface area contributed by atoms with Crippen molar-refractivity contribution in [2.24, 2.45) is 0 Å². The summed E-state index contributed by atoms with van der Waals surface area (Å²) in [5.41, 5.74) is 23.4. The lowest BCUT2D eigenvalue weighted by atomic mass is 9.80. The van der Waals surface area contributed by atoms with E-state index in [1.807, 2.05) is 23.0 Å². The predicted octanol–water partition coefficient (Wildman–Crippen LogP) is 23.5. The summed E-state index contributed by atoms with van der Waals surface area (Å²) in [6.45, 7) is 20.5. The molecule has 0 aliphatic carbocycles. The van der Waals surface area contributed by atoms with Crippen LogP contribution in [0.2, 0.25) is 0 Å². The Morgan fingerprint density at radius 3 is 1.30 bits per heavy atom. The summed E-state index contributed by atoms with van der Waals surface area (Å²) in [6, 6.07) is 107. The Morgan fingerprint density at radius 1 is 0.340 bits per heavy atom. The van der Waals surface area contributed by atoms with Crippen molar-refractivity contribution in [3.8, 4) is 118 Å². The van der Waals surface area contributed by atoms with Crippen molar-refractivity contribution in [2.45, 2.75) is 78.6 Å². The first kappa shape index (κ1) is 61.7. The molecule has 0 saturated carbocycles. The molecule has 12 aromatic carbocycles. The third-order valence-electron chi connectivity index (χ3n) is 18.7. The van der Waals surface area contributed by atoms with Gasteiger partial charge < -0.3 is 9.30 Å². The van der Waals surface area contributed by atoms with Crippen LogP contribution in [0.3, 0.4) is 0 Å². The van der Waals surface area contributed by atoms with Gasteiger partial charge in [-0.1, -0.05) is 269 Å². The molecule has 0 bridgehead atoms. The van der Waals surface area contributed by atoms with Gasteiger partial charge in [0, 0.05) is 34.3 Å². The second-order valence-corrected chi connectivity index (χ2v) is 28.6. The van der Waals surface area contributed by atoms with Gasteiger partial charge in [-0.25, -0.2) is 4.98 Å². The van der Waals surface area contributed by atoms with E-state index in [0.717, 1.165) is 123 Å². The van der Waals surface area contributed by atoms with Crippen molar-refractivity contribution in [3.05, 3.63) is 326 Å². The highest BCUT2D eigenvalue weighted by atomic mass is 16.5. The standard InChI is InChI=1S/C91H77N5O/c1-89(2,3)73-45-46-92-86(57-73)96-84-44-41-66(61-27-15-10-16-28-61)53-83(84)82-43-42-79(59-85(82)96)97-78-38-25-37-76(58-78)95-60-94(77-55-74(90(4,5)6)54-75(56-77)91(7,8)9)88(93-95)87-80(71-49-67(62-29-17-11-18-30-62)47-68(50-71)63-31-19-12-20-32-63)39-26-40-81(87)72-51-69(64-33-21-13-22-34-64)48-70(52-72)65-35-23-14-24-36-65/h10-59H,1-9H3. The number of pyridine rings is 1. The van der Waals surface area contributed by atoms with Gasteiger partial charge in [-0.2, -0.15) is 4.68 Å². The Hall–Kier alpha value is -11.5. The second kappa shape index (κ2) is 25.0. The first-order valence-electron chi connectivity index (χ1n) is 33.6. The van der Waals surface area contributed by atoms with E-state index < -0.39 is 0 Å². The molecule has 0 unspecified atom stereocenters. The van der Waals surface area contributed by atoms with E-state index in [-0.39, 0.29) is 16.2 Å². The number of hydrogen-bond acceptors (Lipinski definition) is 3. The molecule has 0 N–H and O–H groups in total. The first-order chi connectivity index (χ1) is 46.9. The van der Waals surface area contributed by atoms with Gasteiger partial charge in [0.15, 0.2) is 0 Å². The predicted molar refractivity (Wildman–Crippen MR) is 402 cm³/mol. The van der Waals surface area contributed by atoms with Gasteiger partial charge in [-0.3, -0.25) is 4.57 Å². The van der Waals surface area contributed by atoms with E-state index in [1.54, 1.807) is 0 Å². The molecular formula is C91H77N5O. The van der Waals surface area contributed by atoms with Crippen LogP contribution in [0, 0.1) is 6.33 Å². The lowest BCUT2D eigenvalue weighted by Crippen LogP contribution is -2.33. The van der Waals surface area contributed by atoms with Gasteiger partial charge in [-0.05, 0) is 201 Å². The van der Waals surface area contributed by atoms with E-state index in [0.29, 0.717) is 11.5 Å². The van der Waals surface area contributed by atoms with Crippen molar-refractivity contribution in [2.75, 3.05) is 0 Å². The van der Waals surface area contributed by atoms with Crippen molar-refractivity contribution < 1.29 is 9.30 Å². The van der Waals surface area contributed by atoms with E-state index in [4.69, 9.17) is 14.8 Å². The third kappa shape index (κ3) is 12.5. The Bertz CT molecular complexity index is 5100. The fourth-order valence-corrected chi connectivity index (χ4v) is 13.3. The average Bonchev–Trinajstić information content (AvgIpc) is 1.68. The lowest BCUT2D eigenvalue weighted by Gasteiger charge is -2.27. The van der Waals surface area contributed by atoms with Crippen LogP contribution in [0.1, 0.15) is 79.0 Å². The van der Waals surface area contributed by atoms with Crippen LogP contribution >= 0.6 is 0 Å². The van der Waals surface area contributed by atoms with Crippen molar-refractivity contribution in [1.82, 2.24) is 19.3 Å². The fraction of sp³-hybridized carbons (Fsp3) is 0.132. The first-order valence-corrected chi connectivity index (χ1v) is 33.6. The summed E-state index contributed by atoms with van der Waals surface area (Å²) < 4.78 is 13.5. The maximum absolute atomic E-state index is 7.07. The monoisotopic (exact) mass is 1260 g/mol. The number of rotatable bonds is 13. The number of fused-ring (bicyclic) bond motifs is 3. The average molecular weight is 1260 g/mol. The quantitative estimate of drug-likeness (QED) is 0.0854. The number of hydrogen-bond donors (Lipinski definition) is 0. The SMILES string of the molecule is CC(C)(C)c1cc(-[n+]2[c-]n(-c3cccc(Oc4ccc5c6cc(-c7ccccc7)ccc6n(-c6cc(C(C)(C)C)ccn6)c5c4)c3)nc2-c2c(-c3cc(-c4ccccc4)cc(-c4ccccc4)c3)cccc2-c2cc(-c3ccccc3)cc(-c3ccccc3)c2)cc(C(C)(C)C)c1. The number of nitrogens with zero attached hydrogens (tertiary/aromatic N) is 5. The molecule has 15 aromatic rings. The molecule has 0 spiro atoms. The molecule has 0 radical (unpaired) electrons. The maximum Gasteiger partial charge on any atom is 0.233 e. The number of aromatic nitrogens is 5. The zero-order valence-corrected chi connectivity index (χ0v) is 56.5. The minimum atomic E-state index is -0.186. The van der Waals surface area contributed by atoms with E-state index >= 15 is 0 Å². The zero-order valence-electron chi connectivity index (χ0n) is 56.5. The summed E-state index contributed by atoms with van der Waals surface area (Å²) in [7, 11) is 0. The summed E-state index contributed by atoms with van der Waals surface area (Å²) in [4.78, 5) is 5.04. The van der Waals surface area contributed by atoms with Gasteiger partial charge in [0.05, 0.1) is 16.7 Å². The molecule has 0 atom stereocenters. The molecule has 3 aromatic heterocycles. The van der Waals surface area contributed by atoms with E-state index in [9.17, 15) is 0 Å². The highest BCUT2D eigenvalue weighted by Gasteiger charge is 2.28. The smallest absolute Gasteiger partial charge is 0.233 e. The molecule has 0 amide bonds. The molecule has 97 heavy (non-hydrogen) atoms. The van der Waals surface area contributed by atoms with E-state index in [2.05, 4.69) is 363 Å². The second-order valence-electron chi connectivity index (χ2n) is 28.6. The summed E-state index contributed by atoms with van der Waals surface area (Å²) in [5.74, 6) is 2.92. The Labute approximate surface area is 570 Å². The topological polar surface area (TPSA) is 48.8 Å². The highest BCUT2D eigenvalue weighted by molar-refractivity contribution is 6.11. The van der Waals surface area contributed by atoms with Gasteiger partial charge in [0.2, 0.25) is 12.2 Å². The van der Waals surface area contributed by atoms with Gasteiger partial charge in [0.25, 0.3) is 0 Å². The summed E-state index contributed by atoms with van der Waals surface area (Å²) in [6.07, 6.45) is 5.85. The number of benzene rings is 12. The molecule has 472 valence electrons. The number of ether oxygens (including phenoxy) is 1. The minimum absolute atomic E-state index is 0.0814. The van der Waals surface area contributed by atoms with Crippen molar-refractivity contribution in [1.29, 1.82) is 0 Å². The van der Waals surface area contributed by atoms with Crippen LogP contribution in [0.5, 0.6) is 11.5 Å². The molecule has 15 rings (SSSR count). The molecule has 6 heteroatoms. The van der Waals surface area contributed by atoms with E-state index in [1.165, 1.54) is 22.3 Å². The van der Waals surface area contributed by atoms with Crippen LogP contribution in [0.15, 0.2) is 303 Å². The van der Waals surface area contributed by atoms with Crippen LogP contribution in [0.4, 0.5) is 0 Å². The molecule has 3 heterocycles. The largest absolute Gasteiger partial charge is 0.458 e. The molecule has 0 aliphatic rings. The van der Waals surface area contributed by atoms with Crippen LogP contribution < -0.4 is 9.30 Å². The van der Waals surface area contributed by atoms with Crippen LogP contribution in [-0.4, -0.2) is 19.3 Å². The van der Waals surface area contributed by atoms with Crippen LogP contribution in [0.25, 0.3) is 128 Å². The van der Waals surface area contributed by atoms with Crippen LogP contribution in [-0.2, 0) is 16.2 Å². The van der Waals surface area contributed by atoms with Gasteiger partial charge in [-0.15, -0.1) is 0 Å². The molecular weight excluding hydrogens is 1180 g/mol. The summed E-state index contributed by atoms with van der Waals surface area (Å²) >= 11 is 0. The zero-order chi connectivity index (χ0) is 66.6. The lowest BCUT2D eigenvalue weighted by molar-refractivity contribution is -0.589. The van der Waals surface area contributed by atoms with Gasteiger partial charge in [0.1, 0.15) is 17.3 Å². The molecule has 6 nitrogen and oxygen atoms in total. The molecule has 0 saturated heterocycles. The molecule has 0 fully saturated rings. The summed E-state index contributed by atoms with van der Waals surface area (Å²) in [5, 5.41) is 8.12. The Morgan fingerprint density at radius 2 is 0.804 bits per heavy atom. The minimum Gasteiger partial charge on any atom is -0.458 e. The Kier molecular flexibility index (Phi) is 15.9. The highest BCUT2D eigenvalue weighted by Crippen LogP contribution is 2.45. The fourth-order valence-electron chi connectivity index (χ4n) is 13.3. The van der Waals surface area contributed by atoms with Crippen molar-refractivity contribution in [3.63, 3.8) is 0 Å². The maximum atomic E-state index is 7.07. The van der Waals surface area contributed by atoms with Gasteiger partial charge >= 0.3 is 0 Å².